The Morgan fingerprint density at radius 2 is 2.25 bits per heavy atom. The molecule has 0 aliphatic carbocycles. The van der Waals surface area contributed by atoms with Gasteiger partial charge in [-0.1, -0.05) is 13.0 Å². The number of nitrogens with one attached hydrogen (secondary N) is 1. The Morgan fingerprint density at radius 3 is 2.88 bits per heavy atom. The van der Waals surface area contributed by atoms with Gasteiger partial charge in [0.15, 0.2) is 17.3 Å². The predicted molar refractivity (Wildman–Crippen MR) is 60.4 cm³/mol. The van der Waals surface area contributed by atoms with Gasteiger partial charge in [-0.05, 0) is 25.1 Å². The van der Waals surface area contributed by atoms with Crippen LogP contribution in [0.25, 0.3) is 0 Å². The molecule has 0 aliphatic heterocycles. The van der Waals surface area contributed by atoms with Crippen molar-refractivity contribution in [3.05, 3.63) is 29.6 Å². The van der Waals surface area contributed by atoms with Crippen molar-refractivity contribution in [2.24, 2.45) is 0 Å². The largest absolute Gasteiger partial charge is 0.494 e. The molecule has 1 aromatic rings. The number of Topliss-reactive ketones (excluding diaryl/α,β-unsaturated/α-hetero) is 1. The zero-order valence-corrected chi connectivity index (χ0v) is 9.55. The summed E-state index contributed by atoms with van der Waals surface area (Å²) in [6.45, 7) is 2.90. The Morgan fingerprint density at radius 1 is 1.50 bits per heavy atom. The van der Waals surface area contributed by atoms with Gasteiger partial charge in [-0.2, -0.15) is 0 Å². The topological polar surface area (TPSA) is 38.3 Å². The van der Waals surface area contributed by atoms with Gasteiger partial charge in [0.2, 0.25) is 0 Å². The molecule has 1 rings (SSSR count). The van der Waals surface area contributed by atoms with E-state index in [0.717, 1.165) is 13.0 Å². The molecule has 0 saturated carbocycles. The van der Waals surface area contributed by atoms with Crippen LogP contribution in [0.15, 0.2) is 18.2 Å². The Balaban J connectivity index is 2.75. The molecule has 0 spiro atoms. The second-order valence-corrected chi connectivity index (χ2v) is 3.42. The van der Waals surface area contributed by atoms with E-state index in [4.69, 9.17) is 4.74 Å². The first-order valence-corrected chi connectivity index (χ1v) is 5.27. The minimum Gasteiger partial charge on any atom is -0.494 e. The molecule has 0 fully saturated rings. The van der Waals surface area contributed by atoms with Gasteiger partial charge in [-0.15, -0.1) is 0 Å². The van der Waals surface area contributed by atoms with Gasteiger partial charge in [0, 0.05) is 0 Å². The highest BCUT2D eigenvalue weighted by Crippen LogP contribution is 2.19. The van der Waals surface area contributed by atoms with Crippen molar-refractivity contribution in [2.45, 2.75) is 13.3 Å². The summed E-state index contributed by atoms with van der Waals surface area (Å²) in [5, 5.41) is 2.94. The van der Waals surface area contributed by atoms with Crippen molar-refractivity contribution in [1.29, 1.82) is 0 Å². The number of rotatable bonds is 6. The summed E-state index contributed by atoms with van der Waals surface area (Å²) < 4.78 is 18.5. The maximum Gasteiger partial charge on any atom is 0.179 e. The summed E-state index contributed by atoms with van der Waals surface area (Å²) in [5.41, 5.74) is 0.0722. The fourth-order valence-corrected chi connectivity index (χ4v) is 1.36. The minimum absolute atomic E-state index is 0.0722. The maximum atomic E-state index is 13.7. The quantitative estimate of drug-likeness (QED) is 0.594. The number of methoxy groups -OCH3 is 1. The molecule has 1 N–H and O–H groups in total. The molecule has 0 amide bonds. The van der Waals surface area contributed by atoms with E-state index in [2.05, 4.69) is 5.32 Å². The summed E-state index contributed by atoms with van der Waals surface area (Å²) >= 11 is 0. The molecule has 4 heteroatoms. The third-order valence-electron chi connectivity index (χ3n) is 2.20. The highest BCUT2D eigenvalue weighted by atomic mass is 19.1. The van der Waals surface area contributed by atoms with Crippen LogP contribution in [-0.4, -0.2) is 26.0 Å². The summed E-state index contributed by atoms with van der Waals surface area (Å²) in [4.78, 5) is 11.7. The third kappa shape index (κ3) is 3.03. The Bertz CT molecular complexity index is 366. The van der Waals surface area contributed by atoms with Crippen LogP contribution >= 0.6 is 0 Å². The highest BCUT2D eigenvalue weighted by molar-refractivity contribution is 5.98. The molecule has 0 saturated heterocycles. The summed E-state index contributed by atoms with van der Waals surface area (Å²) in [7, 11) is 1.38. The van der Waals surface area contributed by atoms with Gasteiger partial charge < -0.3 is 10.1 Å². The van der Waals surface area contributed by atoms with E-state index < -0.39 is 5.82 Å². The number of benzene rings is 1. The van der Waals surface area contributed by atoms with Crippen LogP contribution in [0.1, 0.15) is 23.7 Å². The standard InChI is InChI=1S/C12H16FNO2/c1-3-7-14-8-10(15)9-5-4-6-11(16-2)12(9)13/h4-6,14H,3,7-8H2,1-2H3. The number of ketones is 1. The van der Waals surface area contributed by atoms with Crippen LogP contribution in [0.5, 0.6) is 5.75 Å². The normalized spacial score (nSPS) is 10.2. The van der Waals surface area contributed by atoms with Crippen molar-refractivity contribution in [2.75, 3.05) is 20.2 Å². The predicted octanol–water partition coefficient (Wildman–Crippen LogP) is 2.02. The van der Waals surface area contributed by atoms with Crippen molar-refractivity contribution >= 4 is 5.78 Å². The molecular formula is C12H16FNO2. The van der Waals surface area contributed by atoms with E-state index in [-0.39, 0.29) is 23.6 Å². The first kappa shape index (κ1) is 12.6. The van der Waals surface area contributed by atoms with Crippen molar-refractivity contribution < 1.29 is 13.9 Å². The van der Waals surface area contributed by atoms with Gasteiger partial charge >= 0.3 is 0 Å². The molecule has 0 bridgehead atoms. The molecule has 88 valence electrons. The van der Waals surface area contributed by atoms with Gasteiger partial charge in [-0.3, -0.25) is 4.79 Å². The van der Waals surface area contributed by atoms with Gasteiger partial charge in [0.1, 0.15) is 0 Å². The summed E-state index contributed by atoms with van der Waals surface area (Å²) in [6, 6.07) is 4.56. The van der Waals surface area contributed by atoms with Gasteiger partial charge in [-0.25, -0.2) is 4.39 Å². The van der Waals surface area contributed by atoms with Crippen LogP contribution in [0.4, 0.5) is 4.39 Å². The van der Waals surface area contributed by atoms with Crippen LogP contribution in [0.2, 0.25) is 0 Å². The molecule has 0 radical (unpaired) electrons. The second kappa shape index (κ2) is 6.23. The monoisotopic (exact) mass is 225 g/mol. The van der Waals surface area contributed by atoms with Crippen molar-refractivity contribution in [3.8, 4) is 5.75 Å². The average molecular weight is 225 g/mol. The first-order chi connectivity index (χ1) is 7.70. The smallest absolute Gasteiger partial charge is 0.179 e. The number of halogens is 1. The minimum atomic E-state index is -0.590. The van der Waals surface area contributed by atoms with Crippen LogP contribution in [0, 0.1) is 5.82 Å². The molecular weight excluding hydrogens is 209 g/mol. The molecule has 0 aliphatic rings. The number of ether oxygens (including phenoxy) is 1. The lowest BCUT2D eigenvalue weighted by Crippen LogP contribution is -2.24. The lowest BCUT2D eigenvalue weighted by molar-refractivity contribution is 0.0986. The van der Waals surface area contributed by atoms with E-state index in [1.165, 1.54) is 19.2 Å². The van der Waals surface area contributed by atoms with E-state index in [1.54, 1.807) is 6.07 Å². The highest BCUT2D eigenvalue weighted by Gasteiger charge is 2.14. The van der Waals surface area contributed by atoms with Gasteiger partial charge in [0.05, 0.1) is 19.2 Å². The Labute approximate surface area is 94.6 Å². The molecule has 3 nitrogen and oxygen atoms in total. The van der Waals surface area contributed by atoms with Crippen LogP contribution in [0.3, 0.4) is 0 Å². The van der Waals surface area contributed by atoms with E-state index in [1.807, 2.05) is 6.92 Å². The SMILES string of the molecule is CCCNCC(=O)c1cccc(OC)c1F. The second-order valence-electron chi connectivity index (χ2n) is 3.42. The number of hydrogen-bond donors (Lipinski definition) is 1. The molecule has 16 heavy (non-hydrogen) atoms. The van der Waals surface area contributed by atoms with E-state index in [9.17, 15) is 9.18 Å². The third-order valence-corrected chi connectivity index (χ3v) is 2.20. The lowest BCUT2D eigenvalue weighted by atomic mass is 10.1. The average Bonchev–Trinajstić information content (AvgIpc) is 2.29. The summed E-state index contributed by atoms with van der Waals surface area (Å²) in [5.74, 6) is -0.750. The molecule has 1 aromatic carbocycles. The molecule has 0 heterocycles. The lowest BCUT2D eigenvalue weighted by Gasteiger charge is -2.07. The molecule has 0 unspecified atom stereocenters. The number of hydrogen-bond acceptors (Lipinski definition) is 3. The molecule has 0 aromatic heterocycles. The fraction of sp³-hybridized carbons (Fsp3) is 0.417. The summed E-state index contributed by atoms with van der Waals surface area (Å²) in [6.07, 6.45) is 0.938. The first-order valence-electron chi connectivity index (χ1n) is 5.27. The Hall–Kier alpha value is -1.42. The van der Waals surface area contributed by atoms with Crippen molar-refractivity contribution in [1.82, 2.24) is 5.32 Å². The van der Waals surface area contributed by atoms with Crippen LogP contribution < -0.4 is 10.1 Å². The van der Waals surface area contributed by atoms with Crippen molar-refractivity contribution in [3.63, 3.8) is 0 Å². The maximum absolute atomic E-state index is 13.7. The Kier molecular flexibility index (Phi) is 4.92. The number of carbonyl (C=O) groups excluding carboxylic acids is 1. The van der Waals surface area contributed by atoms with Gasteiger partial charge in [0.25, 0.3) is 0 Å². The van der Waals surface area contributed by atoms with E-state index >= 15 is 0 Å². The molecule has 0 atom stereocenters. The van der Waals surface area contributed by atoms with Crippen LogP contribution in [-0.2, 0) is 0 Å². The fourth-order valence-electron chi connectivity index (χ4n) is 1.36. The zero-order chi connectivity index (χ0) is 12.0. The number of carbonyl (C=O) groups is 1. The van der Waals surface area contributed by atoms with E-state index in [0.29, 0.717) is 0 Å². The zero-order valence-electron chi connectivity index (χ0n) is 9.55.